The van der Waals surface area contributed by atoms with Gasteiger partial charge in [-0.15, -0.1) is 0 Å². The van der Waals surface area contributed by atoms with Crippen molar-refractivity contribution in [1.82, 2.24) is 8.75 Å². The smallest absolute Gasteiger partial charge is 0.112 e. The number of unbranched alkanes of at least 4 members (excludes halogenated alkanes) is 26. The first-order chi connectivity index (χ1) is 24.2. The number of halogens is 1. The largest absolute Gasteiger partial charge is 0.173 e. The molecule has 0 saturated carbocycles. The second-order valence-electron chi connectivity index (χ2n) is 15.6. The molecule has 0 unspecified atom stereocenters. The molecule has 0 atom stereocenters. The predicted octanol–water partition coefficient (Wildman–Crippen LogP) is 16.5. The standard InChI is InChI=1S/C45H71BrN2S/c1-3-5-7-9-11-13-15-17-19-21-23-25-27-29-35-45(36-30-28-26-24-22-20-18-16-14-12-10-8-6-4-2)40-33-34-42-44(48-49-47-42)43(40)39-32-31-38(46)37-41(39)45/h31-34,37H,3-30,35-36H2,1-2H3. The second kappa shape index (κ2) is 24.1. The van der Waals surface area contributed by atoms with Crippen molar-refractivity contribution in [2.24, 2.45) is 0 Å². The molecule has 4 heteroatoms. The number of benzene rings is 2. The Hall–Kier alpha value is -1.26. The molecule has 1 heterocycles. The highest BCUT2D eigenvalue weighted by molar-refractivity contribution is 9.10. The van der Waals surface area contributed by atoms with E-state index >= 15 is 0 Å². The molecule has 0 spiro atoms. The van der Waals surface area contributed by atoms with Gasteiger partial charge in [-0.05, 0) is 47.7 Å². The van der Waals surface area contributed by atoms with Gasteiger partial charge >= 0.3 is 0 Å². The van der Waals surface area contributed by atoms with Crippen LogP contribution in [0.4, 0.5) is 0 Å². The fourth-order valence-corrected chi connectivity index (χ4v) is 9.61. The minimum Gasteiger partial charge on any atom is -0.173 e. The van der Waals surface area contributed by atoms with Crippen molar-refractivity contribution in [3.05, 3.63) is 45.9 Å². The maximum Gasteiger partial charge on any atom is 0.112 e. The summed E-state index contributed by atoms with van der Waals surface area (Å²) in [5.74, 6) is 0. The molecule has 2 nitrogen and oxygen atoms in total. The summed E-state index contributed by atoms with van der Waals surface area (Å²) in [4.78, 5) is 0. The van der Waals surface area contributed by atoms with Crippen LogP contribution in [0.3, 0.4) is 0 Å². The molecule has 0 amide bonds. The number of nitrogens with zero attached hydrogens (tertiary/aromatic N) is 2. The molecule has 1 aliphatic carbocycles. The van der Waals surface area contributed by atoms with Crippen molar-refractivity contribution in [3.8, 4) is 11.1 Å². The number of fused-ring (bicyclic) bond motifs is 5. The Morgan fingerprint density at radius 2 is 0.918 bits per heavy atom. The van der Waals surface area contributed by atoms with Gasteiger partial charge in [-0.3, -0.25) is 0 Å². The van der Waals surface area contributed by atoms with Crippen LogP contribution in [0.15, 0.2) is 34.8 Å². The Kier molecular flexibility index (Phi) is 19.9. The summed E-state index contributed by atoms with van der Waals surface area (Å²) < 4.78 is 10.7. The van der Waals surface area contributed by atoms with E-state index in [0.717, 1.165) is 11.0 Å². The van der Waals surface area contributed by atoms with Crippen molar-refractivity contribution in [2.45, 2.75) is 212 Å². The van der Waals surface area contributed by atoms with Gasteiger partial charge in [0.2, 0.25) is 0 Å². The van der Waals surface area contributed by atoms with E-state index in [1.54, 1.807) is 5.56 Å². The van der Waals surface area contributed by atoms with Crippen LogP contribution in [-0.2, 0) is 5.41 Å². The minimum atomic E-state index is 0.0977. The summed E-state index contributed by atoms with van der Waals surface area (Å²) in [5.41, 5.74) is 8.14. The molecule has 0 fully saturated rings. The number of rotatable bonds is 30. The van der Waals surface area contributed by atoms with Gasteiger partial charge in [0, 0.05) is 15.5 Å². The van der Waals surface area contributed by atoms with Crippen LogP contribution < -0.4 is 0 Å². The molecule has 1 aromatic heterocycles. The minimum absolute atomic E-state index is 0.0977. The Morgan fingerprint density at radius 3 is 1.37 bits per heavy atom. The summed E-state index contributed by atoms with van der Waals surface area (Å²) in [6.45, 7) is 4.62. The third-order valence-electron chi connectivity index (χ3n) is 11.6. The number of hydrogen-bond donors (Lipinski definition) is 0. The highest BCUT2D eigenvalue weighted by Crippen LogP contribution is 2.56. The zero-order valence-corrected chi connectivity index (χ0v) is 34.2. The molecule has 0 saturated heterocycles. The van der Waals surface area contributed by atoms with Gasteiger partial charge in [0.25, 0.3) is 0 Å². The molecule has 0 aliphatic heterocycles. The zero-order chi connectivity index (χ0) is 34.4. The monoisotopic (exact) mass is 750 g/mol. The fraction of sp³-hybridized carbons (Fsp3) is 0.733. The van der Waals surface area contributed by atoms with Gasteiger partial charge in [-0.2, -0.15) is 8.75 Å². The van der Waals surface area contributed by atoms with E-state index in [0.29, 0.717) is 0 Å². The van der Waals surface area contributed by atoms with Crippen LogP contribution in [-0.4, -0.2) is 8.75 Å². The number of hydrogen-bond acceptors (Lipinski definition) is 3. The van der Waals surface area contributed by atoms with Crippen LogP contribution in [0.5, 0.6) is 0 Å². The van der Waals surface area contributed by atoms with Crippen LogP contribution >= 0.6 is 27.7 Å². The van der Waals surface area contributed by atoms with E-state index in [4.69, 9.17) is 4.37 Å². The molecular formula is C45H71BrN2S. The maximum absolute atomic E-state index is 4.84. The Morgan fingerprint density at radius 1 is 0.490 bits per heavy atom. The van der Waals surface area contributed by atoms with Crippen LogP contribution in [0.2, 0.25) is 0 Å². The summed E-state index contributed by atoms with van der Waals surface area (Å²) in [5, 5.41) is 0. The van der Waals surface area contributed by atoms with Crippen LogP contribution in [0.25, 0.3) is 22.2 Å². The first-order valence-electron chi connectivity index (χ1n) is 21.3. The lowest BCUT2D eigenvalue weighted by molar-refractivity contribution is 0.397. The average Bonchev–Trinajstić information content (AvgIpc) is 3.69. The van der Waals surface area contributed by atoms with Crippen molar-refractivity contribution >= 4 is 38.7 Å². The normalized spacial score (nSPS) is 13.4. The molecular weight excluding hydrogens is 680 g/mol. The molecule has 2 aromatic carbocycles. The van der Waals surface area contributed by atoms with Gasteiger partial charge in [-0.1, -0.05) is 222 Å². The first kappa shape index (κ1) is 40.5. The van der Waals surface area contributed by atoms with Gasteiger partial charge < -0.3 is 0 Å². The Labute approximate surface area is 314 Å². The highest BCUT2D eigenvalue weighted by atomic mass is 79.9. The SMILES string of the molecule is CCCCCCCCCCCCCCCCC1(CCCCCCCCCCCCCCCC)c2cc(Br)ccc2-c2c1ccc1nsnc21. The topological polar surface area (TPSA) is 25.8 Å². The quantitative estimate of drug-likeness (QED) is 0.0634. The lowest BCUT2D eigenvalue weighted by atomic mass is 9.70. The van der Waals surface area contributed by atoms with E-state index in [1.807, 2.05) is 0 Å². The molecule has 3 aromatic rings. The molecule has 1 aliphatic rings. The van der Waals surface area contributed by atoms with Gasteiger partial charge in [0.05, 0.1) is 11.7 Å². The van der Waals surface area contributed by atoms with Gasteiger partial charge in [-0.25, -0.2) is 0 Å². The summed E-state index contributed by atoms with van der Waals surface area (Å²) in [7, 11) is 0. The molecule has 49 heavy (non-hydrogen) atoms. The van der Waals surface area contributed by atoms with E-state index < -0.39 is 0 Å². The maximum atomic E-state index is 4.84. The molecule has 0 N–H and O–H groups in total. The lowest BCUT2D eigenvalue weighted by Crippen LogP contribution is -2.25. The predicted molar refractivity (Wildman–Crippen MR) is 221 cm³/mol. The van der Waals surface area contributed by atoms with E-state index in [1.165, 1.54) is 226 Å². The van der Waals surface area contributed by atoms with Crippen molar-refractivity contribution < 1.29 is 0 Å². The third-order valence-corrected chi connectivity index (χ3v) is 12.7. The zero-order valence-electron chi connectivity index (χ0n) is 31.8. The molecule has 4 rings (SSSR count). The summed E-state index contributed by atoms with van der Waals surface area (Å²) in [6, 6.07) is 11.7. The number of aromatic nitrogens is 2. The summed E-state index contributed by atoms with van der Waals surface area (Å²) >= 11 is 5.24. The van der Waals surface area contributed by atoms with Crippen molar-refractivity contribution in [3.63, 3.8) is 0 Å². The van der Waals surface area contributed by atoms with Gasteiger partial charge in [0.15, 0.2) is 0 Å². The molecule has 0 radical (unpaired) electrons. The Balaban J connectivity index is 1.24. The van der Waals surface area contributed by atoms with Crippen LogP contribution in [0.1, 0.15) is 218 Å². The average molecular weight is 752 g/mol. The van der Waals surface area contributed by atoms with E-state index in [2.05, 4.69) is 64.5 Å². The summed E-state index contributed by atoms with van der Waals surface area (Å²) in [6.07, 6.45) is 42.1. The van der Waals surface area contributed by atoms with E-state index in [9.17, 15) is 0 Å². The first-order valence-corrected chi connectivity index (χ1v) is 22.8. The third kappa shape index (κ3) is 13.0. The van der Waals surface area contributed by atoms with E-state index in [-0.39, 0.29) is 5.41 Å². The lowest BCUT2D eigenvalue weighted by Gasteiger charge is -2.33. The Bertz CT molecular complexity index is 1270. The van der Waals surface area contributed by atoms with Crippen molar-refractivity contribution in [1.29, 1.82) is 0 Å². The molecule has 0 bridgehead atoms. The second-order valence-corrected chi connectivity index (χ2v) is 17.0. The highest BCUT2D eigenvalue weighted by Gasteiger charge is 2.43. The van der Waals surface area contributed by atoms with Crippen LogP contribution in [0, 0.1) is 0 Å². The molecule has 274 valence electrons. The fourth-order valence-electron chi connectivity index (χ4n) is 8.70. The van der Waals surface area contributed by atoms with Gasteiger partial charge in [0.1, 0.15) is 11.0 Å². The van der Waals surface area contributed by atoms with Crippen molar-refractivity contribution in [2.75, 3.05) is 0 Å².